The third kappa shape index (κ3) is 4.22. The summed E-state index contributed by atoms with van der Waals surface area (Å²) in [6.07, 6.45) is 3.55. The van der Waals surface area contributed by atoms with Gasteiger partial charge in [-0.1, -0.05) is 13.8 Å². The topological polar surface area (TPSA) is 35.5 Å². The molecule has 0 radical (unpaired) electrons. The molecule has 4 unspecified atom stereocenters. The van der Waals surface area contributed by atoms with Gasteiger partial charge in [-0.3, -0.25) is 0 Å². The van der Waals surface area contributed by atoms with Crippen LogP contribution in [0.5, 0.6) is 0 Å². The molecule has 0 aliphatic carbocycles. The molecule has 3 nitrogen and oxygen atoms in total. The van der Waals surface area contributed by atoms with Crippen LogP contribution >= 0.6 is 0 Å². The fourth-order valence-electron chi connectivity index (χ4n) is 3.08. The predicted molar refractivity (Wildman–Crippen MR) is 77.8 cm³/mol. The van der Waals surface area contributed by atoms with Crippen LogP contribution in [0.4, 0.5) is 0 Å². The summed E-state index contributed by atoms with van der Waals surface area (Å²) in [5.41, 5.74) is -0.115. The second-order valence-corrected chi connectivity index (χ2v) is 6.63. The van der Waals surface area contributed by atoms with E-state index in [1.165, 1.54) is 13.0 Å². The molecule has 3 heteroatoms. The van der Waals surface area contributed by atoms with Crippen LogP contribution in [0.2, 0.25) is 0 Å². The first-order valence-corrected chi connectivity index (χ1v) is 7.45. The molecule has 0 bridgehead atoms. The molecule has 1 aliphatic rings. The Kier molecular flexibility index (Phi) is 6.09. The first-order chi connectivity index (χ1) is 8.41. The summed E-state index contributed by atoms with van der Waals surface area (Å²) in [6.45, 7) is 11.8. The Morgan fingerprint density at radius 2 is 2.00 bits per heavy atom. The minimum atomic E-state index is -0.115. The maximum absolute atomic E-state index is 9.38. The maximum Gasteiger partial charge on any atom is 0.0610 e. The lowest BCUT2D eigenvalue weighted by Crippen LogP contribution is -2.47. The van der Waals surface area contributed by atoms with Gasteiger partial charge in [0.05, 0.1) is 6.61 Å². The molecule has 1 heterocycles. The number of hydrogen-bond acceptors (Lipinski definition) is 3. The number of likely N-dealkylation sites (tertiary alicyclic amines) is 1. The number of likely N-dealkylation sites (N-methyl/N-ethyl adjacent to an activating group) is 1. The van der Waals surface area contributed by atoms with E-state index >= 15 is 0 Å². The van der Waals surface area contributed by atoms with E-state index in [1.807, 2.05) is 7.05 Å². The number of aliphatic hydroxyl groups is 1. The van der Waals surface area contributed by atoms with Gasteiger partial charge in [0.2, 0.25) is 0 Å². The minimum absolute atomic E-state index is 0.115. The third-order valence-corrected chi connectivity index (χ3v) is 4.85. The van der Waals surface area contributed by atoms with E-state index in [2.05, 4.69) is 37.9 Å². The van der Waals surface area contributed by atoms with Crippen LogP contribution in [-0.4, -0.2) is 48.3 Å². The number of aliphatic hydroxyl groups excluding tert-OH is 1. The van der Waals surface area contributed by atoms with E-state index in [-0.39, 0.29) is 12.1 Å². The summed E-state index contributed by atoms with van der Waals surface area (Å²) in [4.78, 5) is 2.63. The fourth-order valence-corrected chi connectivity index (χ4v) is 3.08. The molecule has 108 valence electrons. The van der Waals surface area contributed by atoms with E-state index in [1.54, 1.807) is 0 Å². The van der Waals surface area contributed by atoms with Gasteiger partial charge in [-0.2, -0.15) is 0 Å². The molecule has 1 saturated heterocycles. The van der Waals surface area contributed by atoms with Crippen molar-refractivity contribution >= 4 is 0 Å². The SMILES string of the molecule is CNC(C)(CO)CCCN1CC(C)CC(C)C1C. The first-order valence-electron chi connectivity index (χ1n) is 7.45. The zero-order valence-electron chi connectivity index (χ0n) is 12.9. The maximum atomic E-state index is 9.38. The quantitative estimate of drug-likeness (QED) is 0.764. The van der Waals surface area contributed by atoms with Crippen LogP contribution in [0.3, 0.4) is 0 Å². The van der Waals surface area contributed by atoms with Crippen LogP contribution in [-0.2, 0) is 0 Å². The number of nitrogens with zero attached hydrogens (tertiary/aromatic N) is 1. The number of hydrogen-bond donors (Lipinski definition) is 2. The Balaban J connectivity index is 2.38. The van der Waals surface area contributed by atoms with Gasteiger partial charge in [0.25, 0.3) is 0 Å². The normalized spacial score (nSPS) is 33.3. The van der Waals surface area contributed by atoms with Crippen molar-refractivity contribution < 1.29 is 5.11 Å². The lowest BCUT2D eigenvalue weighted by molar-refractivity contribution is 0.0735. The van der Waals surface area contributed by atoms with Crippen molar-refractivity contribution in [2.24, 2.45) is 11.8 Å². The summed E-state index contributed by atoms with van der Waals surface area (Å²) in [5.74, 6) is 1.63. The molecule has 0 aromatic heterocycles. The summed E-state index contributed by atoms with van der Waals surface area (Å²) >= 11 is 0. The van der Waals surface area contributed by atoms with Gasteiger partial charge >= 0.3 is 0 Å². The summed E-state index contributed by atoms with van der Waals surface area (Å²) in [7, 11) is 1.93. The van der Waals surface area contributed by atoms with Crippen LogP contribution in [0, 0.1) is 11.8 Å². The van der Waals surface area contributed by atoms with Crippen LogP contribution < -0.4 is 5.32 Å². The standard InChI is InChI=1S/C15H32N2O/c1-12-9-13(2)14(3)17(10-12)8-6-7-15(4,11-18)16-5/h12-14,16,18H,6-11H2,1-5H3. The fraction of sp³-hybridized carbons (Fsp3) is 1.00. The van der Waals surface area contributed by atoms with E-state index in [0.29, 0.717) is 6.04 Å². The molecule has 4 atom stereocenters. The van der Waals surface area contributed by atoms with Crippen LogP contribution in [0.25, 0.3) is 0 Å². The van der Waals surface area contributed by atoms with Gasteiger partial charge < -0.3 is 15.3 Å². The molecule has 0 saturated carbocycles. The largest absolute Gasteiger partial charge is 0.394 e. The Labute approximate surface area is 113 Å². The molecule has 0 aromatic carbocycles. The monoisotopic (exact) mass is 256 g/mol. The second-order valence-electron chi connectivity index (χ2n) is 6.63. The van der Waals surface area contributed by atoms with E-state index < -0.39 is 0 Å². The number of rotatable bonds is 6. The molecule has 18 heavy (non-hydrogen) atoms. The molecule has 2 N–H and O–H groups in total. The Morgan fingerprint density at radius 1 is 1.33 bits per heavy atom. The molecule has 0 amide bonds. The Hall–Kier alpha value is -0.120. The third-order valence-electron chi connectivity index (χ3n) is 4.85. The van der Waals surface area contributed by atoms with Gasteiger partial charge in [0.15, 0.2) is 0 Å². The average molecular weight is 256 g/mol. The molecular weight excluding hydrogens is 224 g/mol. The highest BCUT2D eigenvalue weighted by Crippen LogP contribution is 2.27. The van der Waals surface area contributed by atoms with Gasteiger partial charge in [-0.25, -0.2) is 0 Å². The minimum Gasteiger partial charge on any atom is -0.394 e. The Bertz CT molecular complexity index is 241. The van der Waals surface area contributed by atoms with Gasteiger partial charge in [0.1, 0.15) is 0 Å². The zero-order chi connectivity index (χ0) is 13.8. The van der Waals surface area contributed by atoms with Crippen LogP contribution in [0.15, 0.2) is 0 Å². The number of nitrogens with one attached hydrogen (secondary N) is 1. The van der Waals surface area contributed by atoms with E-state index in [0.717, 1.165) is 31.2 Å². The van der Waals surface area contributed by atoms with Crippen molar-refractivity contribution in [3.05, 3.63) is 0 Å². The summed E-state index contributed by atoms with van der Waals surface area (Å²) in [5, 5.41) is 12.6. The van der Waals surface area contributed by atoms with Crippen molar-refractivity contribution in [3.63, 3.8) is 0 Å². The van der Waals surface area contributed by atoms with Gasteiger partial charge in [0, 0.05) is 18.1 Å². The highest BCUT2D eigenvalue weighted by molar-refractivity contribution is 4.84. The molecule has 0 aromatic rings. The van der Waals surface area contributed by atoms with Crippen molar-refractivity contribution in [3.8, 4) is 0 Å². The first kappa shape index (κ1) is 15.9. The Morgan fingerprint density at radius 3 is 2.56 bits per heavy atom. The number of piperidine rings is 1. The predicted octanol–water partition coefficient (Wildman–Crippen LogP) is 2.10. The van der Waals surface area contributed by atoms with Crippen molar-refractivity contribution in [1.82, 2.24) is 10.2 Å². The van der Waals surface area contributed by atoms with Crippen molar-refractivity contribution in [2.45, 2.75) is 58.5 Å². The van der Waals surface area contributed by atoms with E-state index in [4.69, 9.17) is 0 Å². The second kappa shape index (κ2) is 6.88. The average Bonchev–Trinajstić information content (AvgIpc) is 2.34. The molecule has 0 spiro atoms. The van der Waals surface area contributed by atoms with Crippen molar-refractivity contribution in [1.29, 1.82) is 0 Å². The summed E-state index contributed by atoms with van der Waals surface area (Å²) < 4.78 is 0. The lowest BCUT2D eigenvalue weighted by Gasteiger charge is -2.41. The van der Waals surface area contributed by atoms with Crippen LogP contribution in [0.1, 0.15) is 47.0 Å². The highest BCUT2D eigenvalue weighted by Gasteiger charge is 2.29. The van der Waals surface area contributed by atoms with Gasteiger partial charge in [-0.05, 0) is 58.5 Å². The van der Waals surface area contributed by atoms with Gasteiger partial charge in [-0.15, -0.1) is 0 Å². The molecule has 1 rings (SSSR count). The van der Waals surface area contributed by atoms with E-state index in [9.17, 15) is 5.11 Å². The molecular formula is C15H32N2O. The van der Waals surface area contributed by atoms with Crippen molar-refractivity contribution in [2.75, 3.05) is 26.7 Å². The molecule has 1 aliphatic heterocycles. The smallest absolute Gasteiger partial charge is 0.0610 e. The summed E-state index contributed by atoms with van der Waals surface area (Å²) in [6, 6.07) is 0.705. The highest BCUT2D eigenvalue weighted by atomic mass is 16.3. The molecule has 1 fully saturated rings. The lowest BCUT2D eigenvalue weighted by atomic mass is 9.85. The zero-order valence-corrected chi connectivity index (χ0v) is 12.9.